The van der Waals surface area contributed by atoms with Crippen LogP contribution in [0.5, 0.6) is 5.75 Å². The summed E-state index contributed by atoms with van der Waals surface area (Å²) in [7, 11) is 6.12. The predicted octanol–water partition coefficient (Wildman–Crippen LogP) is 2.09. The van der Waals surface area contributed by atoms with Gasteiger partial charge < -0.3 is 14.3 Å². The lowest BCUT2D eigenvalue weighted by atomic mass is 10.2. The molecular weight excluding hydrogens is 238 g/mol. The van der Waals surface area contributed by atoms with Gasteiger partial charge in [-0.3, -0.25) is 0 Å². The first-order valence-corrected chi connectivity index (χ1v) is 6.03. The lowest BCUT2D eigenvalue weighted by Gasteiger charge is -2.26. The monoisotopic (exact) mass is 258 g/mol. The minimum absolute atomic E-state index is 0.304. The minimum atomic E-state index is -0.468. The van der Waals surface area contributed by atoms with Gasteiger partial charge in [-0.1, -0.05) is 11.6 Å². The van der Waals surface area contributed by atoms with Crippen molar-refractivity contribution in [1.29, 1.82) is 0 Å². The first kappa shape index (κ1) is 14.3. The molecule has 17 heavy (non-hydrogen) atoms. The zero-order valence-corrected chi connectivity index (χ0v) is 11.7. The van der Waals surface area contributed by atoms with Gasteiger partial charge in [-0.05, 0) is 30.7 Å². The van der Waals surface area contributed by atoms with Gasteiger partial charge >= 0.3 is 0 Å². The van der Waals surface area contributed by atoms with Crippen molar-refractivity contribution in [2.24, 2.45) is 0 Å². The van der Waals surface area contributed by atoms with Crippen molar-refractivity contribution in [3.63, 3.8) is 0 Å². The third-order valence-corrected chi connectivity index (χ3v) is 2.56. The second-order valence-corrected chi connectivity index (χ2v) is 5.78. The van der Waals surface area contributed by atoms with E-state index in [1.807, 2.05) is 40.2 Å². The summed E-state index contributed by atoms with van der Waals surface area (Å²) >= 11 is 5.86. The van der Waals surface area contributed by atoms with Gasteiger partial charge in [0.25, 0.3) is 0 Å². The van der Waals surface area contributed by atoms with Crippen LogP contribution in [0.2, 0.25) is 5.02 Å². The number of rotatable bonds is 5. The van der Waals surface area contributed by atoms with Crippen molar-refractivity contribution < 1.29 is 14.3 Å². The molecule has 0 radical (unpaired) electrons. The summed E-state index contributed by atoms with van der Waals surface area (Å²) < 4.78 is 6.29. The number of hydrogen-bond acceptors (Lipinski definition) is 2. The molecule has 0 saturated carbocycles. The molecule has 0 aliphatic heterocycles. The number of aryl methyl sites for hydroxylation is 1. The van der Waals surface area contributed by atoms with Gasteiger partial charge in [0.05, 0.1) is 21.1 Å². The summed E-state index contributed by atoms with van der Waals surface area (Å²) in [6, 6.07) is 5.47. The highest BCUT2D eigenvalue weighted by Gasteiger charge is 2.16. The highest BCUT2D eigenvalue weighted by Crippen LogP contribution is 2.21. The van der Waals surface area contributed by atoms with Crippen LogP contribution >= 0.6 is 11.6 Å². The molecule has 0 heterocycles. The third kappa shape index (κ3) is 5.39. The number of quaternary nitrogens is 1. The Kier molecular flexibility index (Phi) is 4.80. The summed E-state index contributed by atoms with van der Waals surface area (Å²) in [5.41, 5.74) is 0.981. The van der Waals surface area contributed by atoms with Crippen LogP contribution in [-0.4, -0.2) is 50.0 Å². The molecule has 0 spiro atoms. The number of aliphatic hydroxyl groups excluding tert-OH is 1. The summed E-state index contributed by atoms with van der Waals surface area (Å²) in [5, 5.41) is 10.5. The van der Waals surface area contributed by atoms with Crippen molar-refractivity contribution in [1.82, 2.24) is 0 Å². The van der Waals surface area contributed by atoms with Gasteiger partial charge in [0.15, 0.2) is 0 Å². The van der Waals surface area contributed by atoms with E-state index in [2.05, 4.69) is 0 Å². The number of aliphatic hydroxyl groups is 1. The summed E-state index contributed by atoms with van der Waals surface area (Å²) in [4.78, 5) is 0. The van der Waals surface area contributed by atoms with Crippen LogP contribution in [0.1, 0.15) is 5.56 Å². The molecule has 0 fully saturated rings. The smallest absolute Gasteiger partial charge is 0.137 e. The maximum Gasteiger partial charge on any atom is 0.137 e. The second-order valence-electron chi connectivity index (χ2n) is 5.35. The van der Waals surface area contributed by atoms with E-state index in [1.165, 1.54) is 0 Å². The zero-order valence-electron chi connectivity index (χ0n) is 10.9. The van der Waals surface area contributed by atoms with Gasteiger partial charge in [0, 0.05) is 5.02 Å². The maximum atomic E-state index is 9.82. The molecule has 0 aliphatic carbocycles. The predicted molar refractivity (Wildman–Crippen MR) is 70.6 cm³/mol. The molecule has 1 N–H and O–H groups in total. The van der Waals surface area contributed by atoms with Crippen LogP contribution in [0.25, 0.3) is 0 Å². The number of halogens is 1. The SMILES string of the molecule is Cc1cc(Cl)ccc1OC[C@@H](O)C[N+](C)(C)C. The van der Waals surface area contributed by atoms with Gasteiger partial charge in [-0.15, -0.1) is 0 Å². The zero-order chi connectivity index (χ0) is 13.1. The Balaban J connectivity index is 2.50. The van der Waals surface area contributed by atoms with E-state index >= 15 is 0 Å². The van der Waals surface area contributed by atoms with E-state index in [0.717, 1.165) is 11.3 Å². The van der Waals surface area contributed by atoms with E-state index in [4.69, 9.17) is 16.3 Å². The van der Waals surface area contributed by atoms with E-state index in [-0.39, 0.29) is 0 Å². The second kappa shape index (κ2) is 5.71. The fourth-order valence-electron chi connectivity index (χ4n) is 1.65. The van der Waals surface area contributed by atoms with Crippen molar-refractivity contribution in [3.8, 4) is 5.75 Å². The lowest BCUT2D eigenvalue weighted by Crippen LogP contribution is -2.43. The molecule has 0 bridgehead atoms. The topological polar surface area (TPSA) is 29.5 Å². The van der Waals surface area contributed by atoms with E-state index in [1.54, 1.807) is 6.07 Å². The Hall–Kier alpha value is -0.770. The van der Waals surface area contributed by atoms with Crippen molar-refractivity contribution in [2.75, 3.05) is 34.3 Å². The summed E-state index contributed by atoms with van der Waals surface area (Å²) in [6.45, 7) is 2.90. The van der Waals surface area contributed by atoms with Crippen LogP contribution < -0.4 is 4.74 Å². The number of ether oxygens (including phenoxy) is 1. The standard InChI is InChI=1S/C13H21ClNO2/c1-10-7-11(14)5-6-13(10)17-9-12(16)8-15(2,3)4/h5-7,12,16H,8-9H2,1-4H3/q+1/t12-/m0/s1. The molecule has 96 valence electrons. The van der Waals surface area contributed by atoms with Crippen molar-refractivity contribution in [3.05, 3.63) is 28.8 Å². The summed E-state index contributed by atoms with van der Waals surface area (Å²) in [6.07, 6.45) is -0.468. The normalized spacial score (nSPS) is 13.5. The largest absolute Gasteiger partial charge is 0.490 e. The molecule has 1 rings (SSSR count). The number of benzene rings is 1. The fraction of sp³-hybridized carbons (Fsp3) is 0.538. The van der Waals surface area contributed by atoms with E-state index in [0.29, 0.717) is 22.7 Å². The van der Waals surface area contributed by atoms with E-state index in [9.17, 15) is 5.11 Å². The highest BCUT2D eigenvalue weighted by molar-refractivity contribution is 6.30. The molecule has 0 aliphatic rings. The van der Waals surface area contributed by atoms with Crippen molar-refractivity contribution in [2.45, 2.75) is 13.0 Å². The highest BCUT2D eigenvalue weighted by atomic mass is 35.5. The molecule has 0 saturated heterocycles. The summed E-state index contributed by atoms with van der Waals surface area (Å²) in [5.74, 6) is 0.773. The molecule has 3 nitrogen and oxygen atoms in total. The van der Waals surface area contributed by atoms with Gasteiger partial charge in [0.1, 0.15) is 25.0 Å². The Morgan fingerprint density at radius 3 is 2.53 bits per heavy atom. The lowest BCUT2D eigenvalue weighted by molar-refractivity contribution is -0.873. The number of hydrogen-bond donors (Lipinski definition) is 1. The minimum Gasteiger partial charge on any atom is -0.490 e. The van der Waals surface area contributed by atoms with Crippen LogP contribution in [0, 0.1) is 6.92 Å². The molecule has 0 unspecified atom stereocenters. The number of likely N-dealkylation sites (N-methyl/N-ethyl adjacent to an activating group) is 1. The Bertz CT molecular complexity index is 374. The van der Waals surface area contributed by atoms with Gasteiger partial charge in [-0.25, -0.2) is 0 Å². The molecule has 0 amide bonds. The Labute approximate surface area is 108 Å². The average molecular weight is 259 g/mol. The number of nitrogens with zero attached hydrogens (tertiary/aromatic N) is 1. The molecule has 4 heteroatoms. The van der Waals surface area contributed by atoms with Gasteiger partial charge in [0.2, 0.25) is 0 Å². The Morgan fingerprint density at radius 1 is 1.35 bits per heavy atom. The fourth-order valence-corrected chi connectivity index (χ4v) is 1.87. The van der Waals surface area contributed by atoms with E-state index < -0.39 is 6.10 Å². The van der Waals surface area contributed by atoms with Crippen LogP contribution in [-0.2, 0) is 0 Å². The molecule has 0 aromatic heterocycles. The molecule has 1 atom stereocenters. The maximum absolute atomic E-state index is 9.82. The quantitative estimate of drug-likeness (QED) is 0.820. The Morgan fingerprint density at radius 2 is 2.00 bits per heavy atom. The van der Waals surface area contributed by atoms with Crippen LogP contribution in [0.3, 0.4) is 0 Å². The molecule has 1 aromatic carbocycles. The first-order chi connectivity index (χ1) is 7.78. The van der Waals surface area contributed by atoms with Crippen molar-refractivity contribution >= 4 is 11.6 Å². The van der Waals surface area contributed by atoms with Crippen LogP contribution in [0.15, 0.2) is 18.2 Å². The first-order valence-electron chi connectivity index (χ1n) is 5.65. The average Bonchev–Trinajstić information content (AvgIpc) is 2.13. The van der Waals surface area contributed by atoms with Gasteiger partial charge in [-0.2, -0.15) is 0 Å². The molecular formula is C13H21ClNO2+. The third-order valence-electron chi connectivity index (χ3n) is 2.33. The molecule has 1 aromatic rings. The van der Waals surface area contributed by atoms with Crippen LogP contribution in [0.4, 0.5) is 0 Å².